The molecule has 7 heteroatoms. The third-order valence-corrected chi connectivity index (χ3v) is 4.82. The first kappa shape index (κ1) is 16.4. The molecule has 2 aliphatic rings. The van der Waals surface area contributed by atoms with E-state index >= 15 is 0 Å². The van der Waals surface area contributed by atoms with Gasteiger partial charge in [-0.1, -0.05) is 30.3 Å². The van der Waals surface area contributed by atoms with Gasteiger partial charge in [0.15, 0.2) is 0 Å². The van der Waals surface area contributed by atoms with E-state index in [-0.39, 0.29) is 31.0 Å². The van der Waals surface area contributed by atoms with E-state index in [4.69, 9.17) is 4.74 Å². The maximum absolute atomic E-state index is 12.5. The van der Waals surface area contributed by atoms with Gasteiger partial charge < -0.3 is 15.0 Å². The Kier molecular flexibility index (Phi) is 4.28. The summed E-state index contributed by atoms with van der Waals surface area (Å²) in [6, 6.07) is 8.92. The highest BCUT2D eigenvalue weighted by molar-refractivity contribution is 6.09. The Bertz CT molecular complexity index is 655. The fourth-order valence-electron chi connectivity index (χ4n) is 3.07. The summed E-state index contributed by atoms with van der Waals surface area (Å²) in [5.41, 5.74) is 0.00673. The molecule has 1 aromatic rings. The Morgan fingerprint density at radius 3 is 2.71 bits per heavy atom. The SMILES string of the molecule is C[C@@H](c1ccccc1)N(C)C(=O)CN1C(=O)N[C@]2(CCOC2)C1=O. The lowest BCUT2D eigenvalue weighted by molar-refractivity contribution is -0.139. The lowest BCUT2D eigenvalue weighted by atomic mass is 9.99. The van der Waals surface area contributed by atoms with E-state index in [2.05, 4.69) is 5.32 Å². The number of urea groups is 1. The average Bonchev–Trinajstić information content (AvgIpc) is 3.15. The smallest absolute Gasteiger partial charge is 0.325 e. The molecule has 7 nitrogen and oxygen atoms in total. The summed E-state index contributed by atoms with van der Waals surface area (Å²) in [5.74, 6) is -0.662. The zero-order valence-corrected chi connectivity index (χ0v) is 13.8. The summed E-state index contributed by atoms with van der Waals surface area (Å²) in [6.45, 7) is 2.24. The molecule has 24 heavy (non-hydrogen) atoms. The standard InChI is InChI=1S/C17H21N3O4/c1-12(13-6-4-3-5-7-13)19(2)14(21)10-20-15(22)17(18-16(20)23)8-9-24-11-17/h3-7,12H,8-11H2,1-2H3,(H,18,23)/t12-,17-/m0/s1. The number of hydrogen-bond donors (Lipinski definition) is 1. The van der Waals surface area contributed by atoms with E-state index in [9.17, 15) is 14.4 Å². The average molecular weight is 331 g/mol. The molecular formula is C17H21N3O4. The highest BCUT2D eigenvalue weighted by Crippen LogP contribution is 2.27. The maximum atomic E-state index is 12.5. The number of nitrogens with one attached hydrogen (secondary N) is 1. The summed E-state index contributed by atoms with van der Waals surface area (Å²) in [4.78, 5) is 39.7. The lowest BCUT2D eigenvalue weighted by Gasteiger charge is -2.27. The van der Waals surface area contributed by atoms with E-state index in [1.807, 2.05) is 37.3 Å². The molecule has 2 atom stereocenters. The Balaban J connectivity index is 1.68. The quantitative estimate of drug-likeness (QED) is 0.832. The van der Waals surface area contributed by atoms with Crippen molar-refractivity contribution in [3.63, 3.8) is 0 Å². The van der Waals surface area contributed by atoms with Crippen LogP contribution in [0, 0.1) is 0 Å². The number of hydrogen-bond acceptors (Lipinski definition) is 4. The number of carbonyl (C=O) groups excluding carboxylic acids is 3. The summed E-state index contributed by atoms with van der Waals surface area (Å²) < 4.78 is 5.24. The lowest BCUT2D eigenvalue weighted by Crippen LogP contribution is -2.48. The first-order valence-corrected chi connectivity index (χ1v) is 7.97. The van der Waals surface area contributed by atoms with Crippen LogP contribution in [-0.4, -0.2) is 60.0 Å². The van der Waals surface area contributed by atoms with Crippen molar-refractivity contribution in [1.29, 1.82) is 0 Å². The monoisotopic (exact) mass is 331 g/mol. The molecule has 1 N–H and O–H groups in total. The molecule has 128 valence electrons. The van der Waals surface area contributed by atoms with Crippen LogP contribution in [0.2, 0.25) is 0 Å². The fraction of sp³-hybridized carbons (Fsp3) is 0.471. The summed E-state index contributed by atoms with van der Waals surface area (Å²) >= 11 is 0. The van der Waals surface area contributed by atoms with Gasteiger partial charge in [-0.15, -0.1) is 0 Å². The van der Waals surface area contributed by atoms with Crippen molar-refractivity contribution < 1.29 is 19.1 Å². The van der Waals surface area contributed by atoms with Crippen LogP contribution < -0.4 is 5.32 Å². The third kappa shape index (κ3) is 2.75. The van der Waals surface area contributed by atoms with Crippen LogP contribution in [0.25, 0.3) is 0 Å². The molecule has 2 aliphatic heterocycles. The van der Waals surface area contributed by atoms with Crippen molar-refractivity contribution >= 4 is 17.8 Å². The van der Waals surface area contributed by atoms with Crippen LogP contribution in [0.15, 0.2) is 30.3 Å². The van der Waals surface area contributed by atoms with Gasteiger partial charge >= 0.3 is 6.03 Å². The first-order valence-electron chi connectivity index (χ1n) is 7.97. The minimum absolute atomic E-state index is 0.150. The van der Waals surface area contributed by atoms with Crippen LogP contribution >= 0.6 is 0 Å². The Hall–Kier alpha value is -2.41. The molecule has 0 bridgehead atoms. The minimum atomic E-state index is -0.985. The van der Waals surface area contributed by atoms with Gasteiger partial charge in [-0.3, -0.25) is 14.5 Å². The normalized spacial score (nSPS) is 24.3. The van der Waals surface area contributed by atoms with Gasteiger partial charge in [0.05, 0.1) is 12.6 Å². The van der Waals surface area contributed by atoms with Gasteiger partial charge in [0.2, 0.25) is 5.91 Å². The molecule has 2 heterocycles. The van der Waals surface area contributed by atoms with Crippen LogP contribution in [0.1, 0.15) is 24.9 Å². The minimum Gasteiger partial charge on any atom is -0.378 e. The number of nitrogens with zero attached hydrogens (tertiary/aromatic N) is 2. The van der Waals surface area contributed by atoms with Gasteiger partial charge in [0.1, 0.15) is 12.1 Å². The first-order chi connectivity index (χ1) is 11.4. The van der Waals surface area contributed by atoms with Crippen LogP contribution in [0.4, 0.5) is 4.79 Å². The number of imide groups is 1. The number of likely N-dealkylation sites (N-methyl/N-ethyl adjacent to an activating group) is 1. The molecule has 4 amide bonds. The van der Waals surface area contributed by atoms with Gasteiger partial charge in [-0.05, 0) is 12.5 Å². The van der Waals surface area contributed by atoms with Gasteiger partial charge in [0.25, 0.3) is 5.91 Å². The Morgan fingerprint density at radius 2 is 2.08 bits per heavy atom. The largest absolute Gasteiger partial charge is 0.378 e. The molecule has 0 saturated carbocycles. The summed E-state index contributed by atoms with van der Waals surface area (Å²) in [5, 5.41) is 2.68. The maximum Gasteiger partial charge on any atom is 0.325 e. The van der Waals surface area contributed by atoms with Gasteiger partial charge in [-0.25, -0.2) is 4.79 Å². The third-order valence-electron chi connectivity index (χ3n) is 4.82. The molecule has 0 aromatic heterocycles. The molecular weight excluding hydrogens is 310 g/mol. The van der Waals surface area contributed by atoms with Crippen molar-refractivity contribution in [2.45, 2.75) is 24.9 Å². The topological polar surface area (TPSA) is 79.0 Å². The number of amides is 4. The van der Waals surface area contributed by atoms with Crippen LogP contribution in [-0.2, 0) is 14.3 Å². The number of carbonyl (C=O) groups is 3. The number of rotatable bonds is 4. The fourth-order valence-corrected chi connectivity index (χ4v) is 3.07. The van der Waals surface area contributed by atoms with Gasteiger partial charge in [0, 0.05) is 20.1 Å². The van der Waals surface area contributed by atoms with Crippen molar-refractivity contribution in [2.75, 3.05) is 26.8 Å². The Labute approximate surface area is 140 Å². The zero-order valence-electron chi connectivity index (χ0n) is 13.8. The molecule has 3 rings (SSSR count). The summed E-state index contributed by atoms with van der Waals surface area (Å²) in [7, 11) is 1.67. The van der Waals surface area contributed by atoms with Crippen LogP contribution in [0.5, 0.6) is 0 Å². The predicted octanol–water partition coefficient (Wildman–Crippen LogP) is 0.917. The van der Waals surface area contributed by atoms with Crippen molar-refractivity contribution in [1.82, 2.24) is 15.1 Å². The molecule has 2 saturated heterocycles. The molecule has 0 aliphatic carbocycles. The second kappa shape index (κ2) is 6.24. The molecule has 2 fully saturated rings. The van der Waals surface area contributed by atoms with Gasteiger partial charge in [-0.2, -0.15) is 0 Å². The zero-order chi connectivity index (χ0) is 17.3. The Morgan fingerprint density at radius 1 is 1.38 bits per heavy atom. The molecule has 1 spiro atoms. The molecule has 0 unspecified atom stereocenters. The highest BCUT2D eigenvalue weighted by atomic mass is 16.5. The van der Waals surface area contributed by atoms with Crippen molar-refractivity contribution in [2.24, 2.45) is 0 Å². The number of ether oxygens (including phenoxy) is 1. The molecule has 1 aromatic carbocycles. The van der Waals surface area contributed by atoms with E-state index in [1.165, 1.54) is 0 Å². The summed E-state index contributed by atoms with van der Waals surface area (Å²) in [6.07, 6.45) is 0.443. The van der Waals surface area contributed by atoms with E-state index in [0.29, 0.717) is 13.0 Å². The van der Waals surface area contributed by atoms with Crippen LogP contribution in [0.3, 0.4) is 0 Å². The van der Waals surface area contributed by atoms with Crippen molar-refractivity contribution in [3.8, 4) is 0 Å². The van der Waals surface area contributed by atoms with E-state index < -0.39 is 11.6 Å². The van der Waals surface area contributed by atoms with Crippen molar-refractivity contribution in [3.05, 3.63) is 35.9 Å². The second-order valence-electron chi connectivity index (χ2n) is 6.30. The number of benzene rings is 1. The highest BCUT2D eigenvalue weighted by Gasteiger charge is 2.53. The molecule has 0 radical (unpaired) electrons. The predicted molar refractivity (Wildman–Crippen MR) is 86.0 cm³/mol. The second-order valence-corrected chi connectivity index (χ2v) is 6.30. The van der Waals surface area contributed by atoms with E-state index in [0.717, 1.165) is 10.5 Å². The van der Waals surface area contributed by atoms with E-state index in [1.54, 1.807) is 11.9 Å².